The van der Waals surface area contributed by atoms with Crippen molar-refractivity contribution in [2.45, 2.75) is 33.1 Å². The quantitative estimate of drug-likeness (QED) is 0.667. The number of benzene rings is 1. The summed E-state index contributed by atoms with van der Waals surface area (Å²) in [7, 11) is 0. The first-order valence-corrected chi connectivity index (χ1v) is 10.4. The van der Waals surface area contributed by atoms with Crippen LogP contribution in [0.5, 0.6) is 0 Å². The zero-order chi connectivity index (χ0) is 20.8. The van der Waals surface area contributed by atoms with Gasteiger partial charge < -0.3 is 14.5 Å². The molecule has 1 fully saturated rings. The molecule has 1 aliphatic heterocycles. The molecule has 7 nitrogen and oxygen atoms in total. The van der Waals surface area contributed by atoms with Crippen LogP contribution in [0.1, 0.15) is 38.8 Å². The molecule has 0 N–H and O–H groups in total. The van der Waals surface area contributed by atoms with Crippen LogP contribution in [0.15, 0.2) is 24.3 Å². The molecule has 1 aromatic heterocycles. The predicted octanol–water partition coefficient (Wildman–Crippen LogP) is 2.97. The smallest absolute Gasteiger partial charge is 0.329 e. The Bertz CT molecular complexity index is 886. The van der Waals surface area contributed by atoms with Crippen LogP contribution in [0, 0.1) is 17.2 Å². The molecule has 2 atom stereocenters. The molecule has 29 heavy (non-hydrogen) atoms. The average molecular weight is 396 g/mol. The molecule has 0 bridgehead atoms. The van der Waals surface area contributed by atoms with Gasteiger partial charge in [0.15, 0.2) is 11.7 Å². The van der Waals surface area contributed by atoms with E-state index in [4.69, 9.17) is 9.72 Å². The summed E-state index contributed by atoms with van der Waals surface area (Å²) in [5, 5.41) is 9.80. The Kier molecular flexibility index (Phi) is 6.99. The molecule has 7 heteroatoms. The molecule has 2 unspecified atom stereocenters. The normalized spacial score (nSPS) is 17.0. The Morgan fingerprint density at radius 2 is 1.83 bits per heavy atom. The second-order valence-corrected chi connectivity index (χ2v) is 7.55. The lowest BCUT2D eigenvalue weighted by Gasteiger charge is -2.35. The minimum Gasteiger partial charge on any atom is -0.464 e. The van der Waals surface area contributed by atoms with E-state index >= 15 is 0 Å². The van der Waals surface area contributed by atoms with Crippen LogP contribution in [-0.4, -0.2) is 60.2 Å². The predicted molar refractivity (Wildman–Crippen MR) is 113 cm³/mol. The molecule has 2 aromatic rings. The van der Waals surface area contributed by atoms with Crippen LogP contribution >= 0.6 is 0 Å². The summed E-state index contributed by atoms with van der Waals surface area (Å²) in [6, 6.07) is 9.66. The van der Waals surface area contributed by atoms with Gasteiger partial charge in [-0.3, -0.25) is 4.79 Å². The number of hydrogen-bond acceptors (Lipinski definition) is 7. The maximum Gasteiger partial charge on any atom is 0.329 e. The summed E-state index contributed by atoms with van der Waals surface area (Å²) >= 11 is 0. The van der Waals surface area contributed by atoms with Gasteiger partial charge in [0.25, 0.3) is 0 Å². The van der Waals surface area contributed by atoms with Crippen molar-refractivity contribution in [1.29, 1.82) is 5.26 Å². The van der Waals surface area contributed by atoms with Crippen molar-refractivity contribution in [2.24, 2.45) is 5.92 Å². The molecule has 2 heterocycles. The van der Waals surface area contributed by atoms with Crippen LogP contribution < -0.4 is 4.90 Å². The molecule has 0 spiro atoms. The first kappa shape index (κ1) is 21.0. The minimum absolute atomic E-state index is 0.252. The van der Waals surface area contributed by atoms with Crippen molar-refractivity contribution in [1.82, 2.24) is 14.9 Å². The summed E-state index contributed by atoms with van der Waals surface area (Å²) in [5.74, 6) is -0.768. The zero-order valence-corrected chi connectivity index (χ0v) is 17.5. The highest BCUT2D eigenvalue weighted by molar-refractivity contribution is 5.85. The topological polar surface area (TPSA) is 82.3 Å². The van der Waals surface area contributed by atoms with Gasteiger partial charge in [-0.2, -0.15) is 5.26 Å². The number of nitriles is 1. The van der Waals surface area contributed by atoms with E-state index in [1.54, 1.807) is 0 Å². The third-order valence-electron chi connectivity index (χ3n) is 5.54. The maximum atomic E-state index is 12.7. The van der Waals surface area contributed by atoms with Gasteiger partial charge >= 0.3 is 5.97 Å². The Morgan fingerprint density at radius 3 is 2.41 bits per heavy atom. The molecule has 0 aliphatic carbocycles. The van der Waals surface area contributed by atoms with E-state index in [0.717, 1.165) is 44.7 Å². The molecule has 0 radical (unpaired) electrons. The standard InChI is InChI=1S/C22H29N5O2/c1-4-16(3)15-29-22(28)17(14-23)20-21(27-12-10-26(5-2)11-13-27)25-19-9-7-6-8-18(19)24-20/h6-9,16-17H,4-5,10-13,15H2,1-3H3. The molecule has 1 aliphatic rings. The van der Waals surface area contributed by atoms with Crippen molar-refractivity contribution < 1.29 is 9.53 Å². The van der Waals surface area contributed by atoms with Gasteiger partial charge in [-0.15, -0.1) is 0 Å². The first-order chi connectivity index (χ1) is 14.1. The lowest BCUT2D eigenvalue weighted by Crippen LogP contribution is -2.47. The zero-order valence-electron chi connectivity index (χ0n) is 17.5. The molecule has 1 saturated heterocycles. The number of esters is 1. The molecule has 0 amide bonds. The molecule has 0 saturated carbocycles. The van der Waals surface area contributed by atoms with Crippen molar-refractivity contribution in [3.05, 3.63) is 30.0 Å². The molecular formula is C22H29N5O2. The number of carbonyl (C=O) groups excluding carboxylic acids is 1. The van der Waals surface area contributed by atoms with Crippen molar-refractivity contribution >= 4 is 22.8 Å². The summed E-state index contributed by atoms with van der Waals surface area (Å²) in [6.45, 7) is 10.9. The van der Waals surface area contributed by atoms with E-state index in [9.17, 15) is 10.1 Å². The fourth-order valence-corrected chi connectivity index (χ4v) is 3.36. The van der Waals surface area contributed by atoms with Gasteiger partial charge in [0.1, 0.15) is 5.69 Å². The van der Waals surface area contributed by atoms with Gasteiger partial charge in [-0.1, -0.05) is 39.3 Å². The highest BCUT2D eigenvalue weighted by Crippen LogP contribution is 2.28. The van der Waals surface area contributed by atoms with Crippen LogP contribution in [-0.2, 0) is 9.53 Å². The number of rotatable bonds is 7. The summed E-state index contributed by atoms with van der Waals surface area (Å²) < 4.78 is 5.44. The largest absolute Gasteiger partial charge is 0.464 e. The van der Waals surface area contributed by atoms with Gasteiger partial charge in [0, 0.05) is 26.2 Å². The van der Waals surface area contributed by atoms with Crippen molar-refractivity contribution in [3.8, 4) is 6.07 Å². The molecule has 1 aromatic carbocycles. The highest BCUT2D eigenvalue weighted by atomic mass is 16.5. The number of nitrogens with zero attached hydrogens (tertiary/aromatic N) is 5. The Hall–Kier alpha value is -2.72. The van der Waals surface area contributed by atoms with Gasteiger partial charge in [-0.25, -0.2) is 9.97 Å². The number of carbonyl (C=O) groups is 1. The fraction of sp³-hybridized carbons (Fsp3) is 0.545. The second-order valence-electron chi connectivity index (χ2n) is 7.55. The number of piperazine rings is 1. The third kappa shape index (κ3) is 4.83. The fourth-order valence-electron chi connectivity index (χ4n) is 3.36. The Morgan fingerprint density at radius 1 is 1.17 bits per heavy atom. The Balaban J connectivity index is 1.95. The highest BCUT2D eigenvalue weighted by Gasteiger charge is 2.31. The number of hydrogen-bond donors (Lipinski definition) is 0. The van der Waals surface area contributed by atoms with E-state index in [0.29, 0.717) is 23.6 Å². The van der Waals surface area contributed by atoms with Crippen LogP contribution in [0.2, 0.25) is 0 Å². The third-order valence-corrected chi connectivity index (χ3v) is 5.54. The summed E-state index contributed by atoms with van der Waals surface area (Å²) in [4.78, 5) is 26.7. The van der Waals surface area contributed by atoms with Gasteiger partial charge in [-0.05, 0) is 24.6 Å². The SMILES string of the molecule is CCC(C)COC(=O)C(C#N)c1nc2ccccc2nc1N1CCN(CC)CC1. The van der Waals surface area contributed by atoms with Crippen molar-refractivity contribution in [2.75, 3.05) is 44.2 Å². The first-order valence-electron chi connectivity index (χ1n) is 10.4. The Labute approximate surface area is 172 Å². The molecule has 3 rings (SSSR count). The number of ether oxygens (including phenoxy) is 1. The lowest BCUT2D eigenvalue weighted by molar-refractivity contribution is -0.145. The maximum absolute atomic E-state index is 12.7. The van der Waals surface area contributed by atoms with Gasteiger partial charge in [0.2, 0.25) is 0 Å². The monoisotopic (exact) mass is 395 g/mol. The second kappa shape index (κ2) is 9.66. The summed E-state index contributed by atoms with van der Waals surface area (Å²) in [5.41, 5.74) is 1.83. The number of anilines is 1. The minimum atomic E-state index is -1.09. The van der Waals surface area contributed by atoms with E-state index in [1.165, 1.54) is 0 Å². The van der Waals surface area contributed by atoms with Crippen LogP contribution in [0.3, 0.4) is 0 Å². The molecule has 154 valence electrons. The van der Waals surface area contributed by atoms with Crippen molar-refractivity contribution in [3.63, 3.8) is 0 Å². The average Bonchev–Trinajstić information content (AvgIpc) is 2.77. The van der Waals surface area contributed by atoms with Crippen LogP contribution in [0.4, 0.5) is 5.82 Å². The number of fused-ring (bicyclic) bond motifs is 1. The number of likely N-dealkylation sites (N-methyl/N-ethyl adjacent to an activating group) is 1. The lowest BCUT2D eigenvalue weighted by atomic mass is 10.1. The van der Waals surface area contributed by atoms with E-state index < -0.39 is 11.9 Å². The molecular weight excluding hydrogens is 366 g/mol. The van der Waals surface area contributed by atoms with E-state index in [-0.39, 0.29) is 5.92 Å². The van der Waals surface area contributed by atoms with Gasteiger partial charge in [0.05, 0.1) is 23.7 Å². The number of para-hydroxylation sites is 2. The number of aromatic nitrogens is 2. The van der Waals surface area contributed by atoms with E-state index in [2.05, 4.69) is 27.8 Å². The van der Waals surface area contributed by atoms with E-state index in [1.807, 2.05) is 38.1 Å². The summed E-state index contributed by atoms with van der Waals surface area (Å²) in [6.07, 6.45) is 0.910. The van der Waals surface area contributed by atoms with Crippen LogP contribution in [0.25, 0.3) is 11.0 Å².